The Morgan fingerprint density at radius 2 is 1.89 bits per heavy atom. The van der Waals surface area contributed by atoms with E-state index in [0.29, 0.717) is 11.7 Å². The first-order valence-electron chi connectivity index (χ1n) is 6.33. The molecule has 1 heterocycles. The van der Waals surface area contributed by atoms with E-state index in [1.54, 1.807) is 6.07 Å². The lowest BCUT2D eigenvalue weighted by Crippen LogP contribution is -2.26. The van der Waals surface area contributed by atoms with Crippen LogP contribution >= 0.6 is 12.4 Å². The summed E-state index contributed by atoms with van der Waals surface area (Å²) in [5, 5.41) is 3.32. The Hall–Kier alpha value is -0.800. The Kier molecular flexibility index (Phi) is 5.89. The van der Waals surface area contributed by atoms with Crippen molar-refractivity contribution >= 4 is 12.4 Å². The van der Waals surface area contributed by atoms with Gasteiger partial charge in [0.25, 0.3) is 0 Å². The van der Waals surface area contributed by atoms with E-state index < -0.39 is 0 Å². The van der Waals surface area contributed by atoms with Crippen LogP contribution in [0.4, 0.5) is 4.39 Å². The van der Waals surface area contributed by atoms with E-state index in [9.17, 15) is 4.39 Å². The van der Waals surface area contributed by atoms with E-state index in [0.717, 1.165) is 31.5 Å². The summed E-state index contributed by atoms with van der Waals surface area (Å²) in [7, 11) is 0. The molecule has 2 nitrogen and oxygen atoms in total. The number of nitrogens with one attached hydrogen (secondary N) is 1. The van der Waals surface area contributed by atoms with Gasteiger partial charge in [0.1, 0.15) is 11.6 Å². The number of hydrogen-bond donors (Lipinski definition) is 1. The Morgan fingerprint density at radius 3 is 2.50 bits per heavy atom. The number of piperidine rings is 1. The molecule has 2 rings (SSSR count). The number of rotatable bonds is 3. The van der Waals surface area contributed by atoms with E-state index in [4.69, 9.17) is 4.74 Å². The summed E-state index contributed by atoms with van der Waals surface area (Å²) in [5.74, 6) is 0.909. The lowest BCUT2D eigenvalue weighted by atomic mass is 9.90. The lowest BCUT2D eigenvalue weighted by molar-refractivity contribution is 0.241. The highest BCUT2D eigenvalue weighted by molar-refractivity contribution is 5.85. The summed E-state index contributed by atoms with van der Waals surface area (Å²) in [6.07, 6.45) is 2.23. The van der Waals surface area contributed by atoms with Gasteiger partial charge in [-0.2, -0.15) is 0 Å². The zero-order valence-corrected chi connectivity index (χ0v) is 11.7. The van der Waals surface area contributed by atoms with Gasteiger partial charge in [0, 0.05) is 6.07 Å². The van der Waals surface area contributed by atoms with Crippen LogP contribution in [0.25, 0.3) is 0 Å². The molecule has 4 heteroatoms. The fraction of sp³-hybridized carbons (Fsp3) is 0.571. The van der Waals surface area contributed by atoms with Crippen molar-refractivity contribution in [3.05, 3.63) is 29.6 Å². The summed E-state index contributed by atoms with van der Waals surface area (Å²) in [4.78, 5) is 0. The maximum absolute atomic E-state index is 13.5. The van der Waals surface area contributed by atoms with Crippen molar-refractivity contribution < 1.29 is 9.13 Å². The molecular weight excluding hydrogens is 253 g/mol. The highest BCUT2D eigenvalue weighted by atomic mass is 35.5. The molecule has 18 heavy (non-hydrogen) atoms. The quantitative estimate of drug-likeness (QED) is 0.910. The number of halogens is 2. The Bertz CT molecular complexity index is 378. The number of ether oxygens (including phenoxy) is 1. The van der Waals surface area contributed by atoms with Crippen LogP contribution < -0.4 is 10.1 Å². The van der Waals surface area contributed by atoms with Gasteiger partial charge in [-0.25, -0.2) is 4.39 Å². The minimum atomic E-state index is -0.198. The zero-order valence-electron chi connectivity index (χ0n) is 10.9. The third-order valence-electron chi connectivity index (χ3n) is 3.08. The fourth-order valence-electron chi connectivity index (χ4n) is 2.32. The topological polar surface area (TPSA) is 21.3 Å². The van der Waals surface area contributed by atoms with Gasteiger partial charge in [-0.15, -0.1) is 12.4 Å². The molecule has 0 amide bonds. The highest BCUT2D eigenvalue weighted by Gasteiger charge is 2.17. The molecule has 1 saturated heterocycles. The smallest absolute Gasteiger partial charge is 0.127 e. The molecule has 0 unspecified atom stereocenters. The highest BCUT2D eigenvalue weighted by Crippen LogP contribution is 2.29. The predicted molar refractivity (Wildman–Crippen MR) is 74.3 cm³/mol. The summed E-state index contributed by atoms with van der Waals surface area (Å²) in [6, 6.07) is 5.09. The van der Waals surface area contributed by atoms with Crippen molar-refractivity contribution in [3.63, 3.8) is 0 Å². The van der Waals surface area contributed by atoms with Crippen LogP contribution in [0.1, 0.15) is 38.2 Å². The first-order chi connectivity index (χ1) is 8.15. The summed E-state index contributed by atoms with van der Waals surface area (Å²) < 4.78 is 19.1. The van der Waals surface area contributed by atoms with Gasteiger partial charge < -0.3 is 10.1 Å². The van der Waals surface area contributed by atoms with Crippen LogP contribution in [0.2, 0.25) is 0 Å². The van der Waals surface area contributed by atoms with E-state index in [2.05, 4.69) is 5.32 Å². The Balaban J connectivity index is 0.00000162. The van der Waals surface area contributed by atoms with Gasteiger partial charge in [-0.05, 0) is 63.4 Å². The standard InChI is InChI=1S/C14H20FNO.ClH/c1-10(2)17-14-8-12(7-13(15)9-14)11-3-5-16-6-4-11;/h7-11,16H,3-6H2,1-2H3;1H. The predicted octanol–water partition coefficient (Wildman–Crippen LogP) is 3.50. The zero-order chi connectivity index (χ0) is 12.3. The molecule has 102 valence electrons. The average molecular weight is 274 g/mol. The molecule has 0 aliphatic carbocycles. The van der Waals surface area contributed by atoms with E-state index in [1.165, 1.54) is 6.07 Å². The molecule has 0 spiro atoms. The summed E-state index contributed by atoms with van der Waals surface area (Å²) >= 11 is 0. The second-order valence-corrected chi connectivity index (χ2v) is 4.91. The monoisotopic (exact) mass is 273 g/mol. The van der Waals surface area contributed by atoms with Crippen molar-refractivity contribution in [2.75, 3.05) is 13.1 Å². The molecule has 0 atom stereocenters. The largest absolute Gasteiger partial charge is 0.491 e. The van der Waals surface area contributed by atoms with Gasteiger partial charge in [0.2, 0.25) is 0 Å². The van der Waals surface area contributed by atoms with Crippen LogP contribution in [-0.2, 0) is 0 Å². The molecule has 0 aromatic heterocycles. The molecular formula is C14H21ClFNO. The third kappa shape index (κ3) is 4.14. The van der Waals surface area contributed by atoms with Crippen LogP contribution in [0.15, 0.2) is 18.2 Å². The normalized spacial score (nSPS) is 16.4. The maximum Gasteiger partial charge on any atom is 0.127 e. The molecule has 1 aliphatic rings. The van der Waals surface area contributed by atoms with Crippen LogP contribution in [0.3, 0.4) is 0 Å². The van der Waals surface area contributed by atoms with E-state index in [-0.39, 0.29) is 24.3 Å². The van der Waals surface area contributed by atoms with Crippen LogP contribution in [0, 0.1) is 5.82 Å². The minimum absolute atomic E-state index is 0. The Morgan fingerprint density at radius 1 is 1.22 bits per heavy atom. The van der Waals surface area contributed by atoms with Gasteiger partial charge in [-0.3, -0.25) is 0 Å². The maximum atomic E-state index is 13.5. The molecule has 1 aromatic carbocycles. The second kappa shape index (κ2) is 6.95. The van der Waals surface area contributed by atoms with Gasteiger partial charge >= 0.3 is 0 Å². The van der Waals surface area contributed by atoms with Crippen molar-refractivity contribution in [3.8, 4) is 5.75 Å². The van der Waals surface area contributed by atoms with E-state index in [1.807, 2.05) is 19.9 Å². The Labute approximate surface area is 114 Å². The third-order valence-corrected chi connectivity index (χ3v) is 3.08. The molecule has 0 radical (unpaired) electrons. The molecule has 0 saturated carbocycles. The minimum Gasteiger partial charge on any atom is -0.491 e. The first-order valence-corrected chi connectivity index (χ1v) is 6.33. The molecule has 0 bridgehead atoms. The van der Waals surface area contributed by atoms with Gasteiger partial charge in [0.15, 0.2) is 0 Å². The average Bonchev–Trinajstić information content (AvgIpc) is 2.28. The number of benzene rings is 1. The van der Waals surface area contributed by atoms with E-state index >= 15 is 0 Å². The second-order valence-electron chi connectivity index (χ2n) is 4.91. The summed E-state index contributed by atoms with van der Waals surface area (Å²) in [5.41, 5.74) is 1.07. The summed E-state index contributed by atoms with van der Waals surface area (Å²) in [6.45, 7) is 5.94. The molecule has 1 N–H and O–H groups in total. The molecule has 1 fully saturated rings. The van der Waals surface area contributed by atoms with Crippen molar-refractivity contribution in [1.82, 2.24) is 5.32 Å². The van der Waals surface area contributed by atoms with Crippen LogP contribution in [0.5, 0.6) is 5.75 Å². The van der Waals surface area contributed by atoms with Crippen molar-refractivity contribution in [2.45, 2.75) is 38.7 Å². The van der Waals surface area contributed by atoms with Gasteiger partial charge in [0.05, 0.1) is 6.10 Å². The number of hydrogen-bond acceptors (Lipinski definition) is 2. The molecule has 1 aromatic rings. The SMILES string of the molecule is CC(C)Oc1cc(F)cc(C2CCNCC2)c1.Cl. The lowest BCUT2D eigenvalue weighted by Gasteiger charge is -2.23. The van der Waals surface area contributed by atoms with Gasteiger partial charge in [-0.1, -0.05) is 0 Å². The van der Waals surface area contributed by atoms with Crippen molar-refractivity contribution in [1.29, 1.82) is 0 Å². The fourth-order valence-corrected chi connectivity index (χ4v) is 2.32. The first kappa shape index (κ1) is 15.3. The molecule has 1 aliphatic heterocycles. The van der Waals surface area contributed by atoms with Crippen LogP contribution in [-0.4, -0.2) is 19.2 Å². The van der Waals surface area contributed by atoms with Crippen molar-refractivity contribution in [2.24, 2.45) is 0 Å².